The van der Waals surface area contributed by atoms with Gasteiger partial charge in [-0.1, -0.05) is 69.0 Å². The largest absolute Gasteiger partial charge is 0.184 e. The molecule has 0 nitrogen and oxygen atoms in total. The second kappa shape index (κ2) is 5.52. The Bertz CT molecular complexity index is 417. The summed E-state index contributed by atoms with van der Waals surface area (Å²) < 4.78 is 0. The average molecular weight is 299 g/mol. The third kappa shape index (κ3) is 4.25. The van der Waals surface area contributed by atoms with Crippen molar-refractivity contribution < 1.29 is 0 Å². The van der Waals surface area contributed by atoms with Gasteiger partial charge in [0.15, 0.2) is 7.38 Å². The average Bonchev–Trinajstić information content (AvgIpc) is 2.13. The Kier molecular flexibility index (Phi) is 4.90. The normalized spacial score (nSPS) is 15.8. The third-order valence-electron chi connectivity index (χ3n) is 3.34. The van der Waals surface area contributed by atoms with E-state index in [1.54, 1.807) is 5.19 Å². The zero-order chi connectivity index (χ0) is 14.1. The lowest BCUT2D eigenvalue weighted by molar-refractivity contribution is 0.726. The molecule has 0 fully saturated rings. The van der Waals surface area contributed by atoms with Gasteiger partial charge in [-0.25, -0.2) is 0 Å². The molecule has 1 aromatic rings. The summed E-state index contributed by atoms with van der Waals surface area (Å²) in [7, 11) is -3.04. The van der Waals surface area contributed by atoms with Gasteiger partial charge in [-0.2, -0.15) is 11.1 Å². The van der Waals surface area contributed by atoms with E-state index in [0.717, 1.165) is 6.04 Å². The van der Waals surface area contributed by atoms with Crippen molar-refractivity contribution in [2.75, 3.05) is 0 Å². The van der Waals surface area contributed by atoms with Crippen LogP contribution in [0.2, 0.25) is 32.2 Å². The van der Waals surface area contributed by atoms with Gasteiger partial charge in [-0.3, -0.25) is 0 Å². The molecule has 0 amide bonds. The van der Waals surface area contributed by atoms with Crippen LogP contribution in [0, 0.1) is 12.8 Å². The van der Waals surface area contributed by atoms with E-state index in [4.69, 9.17) is 11.1 Å². The highest BCUT2D eigenvalue weighted by atomic mass is 35.6. The Labute approximate surface area is 119 Å². The van der Waals surface area contributed by atoms with Gasteiger partial charge in [0, 0.05) is 0 Å². The first-order valence-corrected chi connectivity index (χ1v) is 14.1. The molecule has 1 rings (SSSR count). The molecule has 18 heavy (non-hydrogen) atoms. The van der Waals surface area contributed by atoms with Crippen molar-refractivity contribution in [1.29, 1.82) is 0 Å². The first-order chi connectivity index (χ1) is 8.02. The second-order valence-electron chi connectivity index (χ2n) is 7.13. The van der Waals surface area contributed by atoms with Crippen LogP contribution in [0.3, 0.4) is 0 Å². The number of hydrogen-bond donors (Lipinski definition) is 0. The van der Waals surface area contributed by atoms with E-state index in [0.29, 0.717) is 5.92 Å². The third-order valence-corrected chi connectivity index (χ3v) is 9.55. The van der Waals surface area contributed by atoms with Gasteiger partial charge >= 0.3 is 0 Å². The summed E-state index contributed by atoms with van der Waals surface area (Å²) in [4.78, 5) is 0. The lowest BCUT2D eigenvalue weighted by Crippen LogP contribution is -2.46. The topological polar surface area (TPSA) is 0 Å². The Morgan fingerprint density at radius 3 is 1.94 bits per heavy atom. The molecule has 1 aromatic carbocycles. The predicted octanol–water partition coefficient (Wildman–Crippen LogP) is 4.22. The van der Waals surface area contributed by atoms with Crippen LogP contribution in [-0.4, -0.2) is 15.5 Å². The minimum Gasteiger partial charge on any atom is -0.161 e. The highest BCUT2D eigenvalue weighted by Gasteiger charge is 2.30. The van der Waals surface area contributed by atoms with Gasteiger partial charge in [0.1, 0.15) is 0 Å². The molecule has 0 aliphatic heterocycles. The van der Waals surface area contributed by atoms with Crippen LogP contribution in [0.5, 0.6) is 0 Å². The smallest absolute Gasteiger partial charge is 0.161 e. The van der Waals surface area contributed by atoms with Crippen LogP contribution in [0.15, 0.2) is 18.2 Å². The maximum atomic E-state index is 6.90. The molecule has 1 unspecified atom stereocenters. The van der Waals surface area contributed by atoms with Crippen molar-refractivity contribution in [3.63, 3.8) is 0 Å². The van der Waals surface area contributed by atoms with Gasteiger partial charge < -0.3 is 0 Å². The summed E-state index contributed by atoms with van der Waals surface area (Å²) in [5.74, 6) is 0.676. The van der Waals surface area contributed by atoms with Crippen molar-refractivity contribution in [2.45, 2.75) is 53.0 Å². The van der Waals surface area contributed by atoms with E-state index in [1.165, 1.54) is 10.8 Å². The zero-order valence-electron chi connectivity index (χ0n) is 12.9. The SMILES string of the molecule is Cc1cc([Si](C)(C)C)cc([Si](C)(Cl)CC(C)C)c1. The fourth-order valence-electron chi connectivity index (χ4n) is 2.40. The molecule has 0 bridgehead atoms. The standard InChI is InChI=1S/C15H27ClSi2/c1-12(2)11-18(7,16)15-9-13(3)8-14(10-15)17(4,5)6/h8-10,12H,11H2,1-7H3. The summed E-state index contributed by atoms with van der Waals surface area (Å²) >= 11 is 6.90. The lowest BCUT2D eigenvalue weighted by atomic mass is 10.2. The molecular weight excluding hydrogens is 272 g/mol. The van der Waals surface area contributed by atoms with E-state index < -0.39 is 15.5 Å². The zero-order valence-corrected chi connectivity index (χ0v) is 15.7. The Balaban J connectivity index is 3.21. The fourth-order valence-corrected chi connectivity index (χ4v) is 7.80. The van der Waals surface area contributed by atoms with Crippen LogP contribution >= 0.6 is 11.1 Å². The predicted molar refractivity (Wildman–Crippen MR) is 90.9 cm³/mol. The highest BCUT2D eigenvalue weighted by molar-refractivity contribution is 7.26. The molecule has 0 saturated carbocycles. The van der Waals surface area contributed by atoms with Crippen molar-refractivity contribution in [1.82, 2.24) is 0 Å². The summed E-state index contributed by atoms with van der Waals surface area (Å²) in [5, 5.41) is 2.97. The highest BCUT2D eigenvalue weighted by Crippen LogP contribution is 2.21. The van der Waals surface area contributed by atoms with E-state index in [-0.39, 0.29) is 0 Å². The second-order valence-corrected chi connectivity index (χ2v) is 18.1. The molecule has 3 heteroatoms. The Morgan fingerprint density at radius 2 is 1.50 bits per heavy atom. The molecule has 0 aliphatic rings. The summed E-state index contributed by atoms with van der Waals surface area (Å²) in [6.07, 6.45) is 0. The summed E-state index contributed by atoms with van der Waals surface area (Å²) in [5.41, 5.74) is 1.37. The van der Waals surface area contributed by atoms with Crippen LogP contribution in [0.1, 0.15) is 19.4 Å². The molecule has 0 radical (unpaired) electrons. The van der Waals surface area contributed by atoms with Crippen LogP contribution < -0.4 is 10.4 Å². The molecule has 0 aliphatic carbocycles. The van der Waals surface area contributed by atoms with E-state index in [2.05, 4.69) is 65.2 Å². The van der Waals surface area contributed by atoms with Crippen molar-refractivity contribution >= 4 is 36.9 Å². The molecule has 0 saturated heterocycles. The number of halogens is 1. The number of aryl methyl sites for hydroxylation is 1. The monoisotopic (exact) mass is 298 g/mol. The maximum Gasteiger partial charge on any atom is 0.184 e. The van der Waals surface area contributed by atoms with Crippen LogP contribution in [0.25, 0.3) is 0 Å². The molecule has 0 heterocycles. The first-order valence-electron chi connectivity index (χ1n) is 6.84. The molecule has 1 atom stereocenters. The van der Waals surface area contributed by atoms with E-state index >= 15 is 0 Å². The molecule has 0 spiro atoms. The van der Waals surface area contributed by atoms with Gasteiger partial charge in [0.2, 0.25) is 0 Å². The molecule has 0 N–H and O–H groups in total. The summed E-state index contributed by atoms with van der Waals surface area (Å²) in [6.45, 7) is 16.2. The number of hydrogen-bond acceptors (Lipinski definition) is 0. The Hall–Kier alpha value is -0.0562. The van der Waals surface area contributed by atoms with Gasteiger partial charge in [0.25, 0.3) is 0 Å². The van der Waals surface area contributed by atoms with Crippen LogP contribution in [-0.2, 0) is 0 Å². The number of benzene rings is 1. The molecule has 102 valence electrons. The van der Waals surface area contributed by atoms with E-state index in [9.17, 15) is 0 Å². The first kappa shape index (κ1) is 16.0. The number of rotatable bonds is 4. The summed E-state index contributed by atoms with van der Waals surface area (Å²) in [6, 6.07) is 8.22. The minimum absolute atomic E-state index is 0.676. The van der Waals surface area contributed by atoms with Crippen LogP contribution in [0.4, 0.5) is 0 Å². The van der Waals surface area contributed by atoms with Gasteiger partial charge in [-0.15, -0.1) is 0 Å². The minimum atomic E-state index is -1.79. The van der Waals surface area contributed by atoms with Gasteiger partial charge in [0.05, 0.1) is 8.07 Å². The van der Waals surface area contributed by atoms with Crippen molar-refractivity contribution in [2.24, 2.45) is 5.92 Å². The van der Waals surface area contributed by atoms with Crippen molar-refractivity contribution in [3.8, 4) is 0 Å². The maximum absolute atomic E-state index is 6.90. The lowest BCUT2D eigenvalue weighted by Gasteiger charge is -2.26. The fraction of sp³-hybridized carbons (Fsp3) is 0.600. The quantitative estimate of drug-likeness (QED) is 0.577. The van der Waals surface area contributed by atoms with Crippen molar-refractivity contribution in [3.05, 3.63) is 23.8 Å². The molecular formula is C15H27ClSi2. The Morgan fingerprint density at radius 1 is 1.00 bits per heavy atom. The molecule has 0 aromatic heterocycles. The van der Waals surface area contributed by atoms with Gasteiger partial charge in [-0.05, 0) is 24.1 Å². The van der Waals surface area contributed by atoms with E-state index in [1.807, 2.05) is 0 Å².